The Balaban J connectivity index is 0. The van der Waals surface area contributed by atoms with Gasteiger partial charge in [-0.15, -0.1) is 0 Å². The normalized spacial score (nSPS) is 11.2. The summed E-state index contributed by atoms with van der Waals surface area (Å²) < 4.78 is 10.1. The zero-order valence-corrected chi connectivity index (χ0v) is 5.93. The first kappa shape index (κ1) is 12.4. The van der Waals surface area contributed by atoms with Crippen LogP contribution in [0.1, 0.15) is 13.8 Å². The summed E-state index contributed by atoms with van der Waals surface area (Å²) in [5, 5.41) is 0. The lowest BCUT2D eigenvalue weighted by Crippen LogP contribution is -1.95. The molecule has 0 spiro atoms. The molecule has 0 aromatic heterocycles. The minimum atomic E-state index is -3.72. The van der Waals surface area contributed by atoms with Gasteiger partial charge in [-0.05, 0) is 5.92 Å². The molecule has 2 N–H and O–H groups in total. The predicted molar refractivity (Wildman–Crippen MR) is 41.7 cm³/mol. The van der Waals surface area contributed by atoms with E-state index in [9.17, 15) is 4.57 Å². The first-order valence-electron chi connectivity index (χ1n) is 2.46. The van der Waals surface area contributed by atoms with Crippen LogP contribution in [0.5, 0.6) is 0 Å². The van der Waals surface area contributed by atoms with Gasteiger partial charge in [0, 0.05) is 0 Å². The molecule has 0 saturated carbocycles. The van der Waals surface area contributed by atoms with Gasteiger partial charge in [-0.1, -0.05) is 13.8 Å². The van der Waals surface area contributed by atoms with Crippen LogP contribution in [-0.2, 0) is 4.57 Å². The topological polar surface area (TPSA) is 57.5 Å². The third-order valence-corrected chi connectivity index (χ3v) is 1.81. The summed E-state index contributed by atoms with van der Waals surface area (Å²) in [6, 6.07) is 0. The first-order chi connectivity index (χ1) is 3.42. The minimum Gasteiger partial charge on any atom is -0.324 e. The van der Waals surface area contributed by atoms with E-state index in [0.717, 1.165) is 0 Å². The average Bonchev–Trinajstić information content (AvgIpc) is 1.21. The Labute approximate surface area is 65.8 Å². The Morgan fingerprint density at radius 3 is 1.78 bits per heavy atom. The van der Waals surface area contributed by atoms with Crippen molar-refractivity contribution < 1.29 is 14.4 Å². The van der Waals surface area contributed by atoms with Crippen LogP contribution in [0, 0.1) is 5.92 Å². The SMILES string of the molecule is CC(C)CP(=O)(O)O.[AlH3]. The van der Waals surface area contributed by atoms with Crippen molar-refractivity contribution in [3.63, 3.8) is 0 Å². The Morgan fingerprint density at radius 2 is 1.78 bits per heavy atom. The number of rotatable bonds is 2. The molecule has 0 aliphatic rings. The Hall–Kier alpha value is 0.682. The van der Waals surface area contributed by atoms with Crippen molar-refractivity contribution in [2.24, 2.45) is 5.92 Å². The zero-order valence-electron chi connectivity index (χ0n) is 5.03. The second-order valence-corrected chi connectivity index (χ2v) is 3.94. The van der Waals surface area contributed by atoms with Crippen LogP contribution in [0.2, 0.25) is 0 Å². The molecule has 0 aliphatic heterocycles. The summed E-state index contributed by atoms with van der Waals surface area (Å²) in [4.78, 5) is 16.6. The molecule has 0 aromatic rings. The highest BCUT2D eigenvalue weighted by Crippen LogP contribution is 2.36. The summed E-state index contributed by atoms with van der Waals surface area (Å²) in [7, 11) is -3.72. The van der Waals surface area contributed by atoms with Crippen LogP contribution in [0.4, 0.5) is 0 Å². The van der Waals surface area contributed by atoms with Gasteiger partial charge in [0.05, 0.1) is 6.16 Å². The zero-order chi connectivity index (χ0) is 6.78. The van der Waals surface area contributed by atoms with Gasteiger partial charge in [0.1, 0.15) is 0 Å². The van der Waals surface area contributed by atoms with E-state index in [1.54, 1.807) is 13.8 Å². The first-order valence-corrected chi connectivity index (χ1v) is 4.26. The van der Waals surface area contributed by atoms with Gasteiger partial charge in [-0.25, -0.2) is 0 Å². The quantitative estimate of drug-likeness (QED) is 0.437. The number of hydrogen-bond acceptors (Lipinski definition) is 1. The molecule has 0 fully saturated rings. The van der Waals surface area contributed by atoms with Crippen LogP contribution in [0.25, 0.3) is 0 Å². The Morgan fingerprint density at radius 1 is 1.44 bits per heavy atom. The molecule has 9 heavy (non-hydrogen) atoms. The van der Waals surface area contributed by atoms with Crippen molar-refractivity contribution in [2.45, 2.75) is 13.8 Å². The molecule has 0 aliphatic carbocycles. The molecule has 0 heterocycles. The molecule has 5 heteroatoms. The molecule has 0 radical (unpaired) electrons. The minimum absolute atomic E-state index is 0. The summed E-state index contributed by atoms with van der Waals surface area (Å²) in [6.45, 7) is 3.55. The summed E-state index contributed by atoms with van der Waals surface area (Å²) in [5.74, 6) is 0.0795. The summed E-state index contributed by atoms with van der Waals surface area (Å²) in [5.41, 5.74) is 0. The van der Waals surface area contributed by atoms with E-state index in [2.05, 4.69) is 0 Å². The van der Waals surface area contributed by atoms with E-state index in [1.807, 2.05) is 0 Å². The fourth-order valence-corrected chi connectivity index (χ4v) is 1.43. The van der Waals surface area contributed by atoms with E-state index in [0.29, 0.717) is 0 Å². The fourth-order valence-electron chi connectivity index (χ4n) is 0.476. The van der Waals surface area contributed by atoms with Crippen molar-refractivity contribution in [3.8, 4) is 0 Å². The van der Waals surface area contributed by atoms with Crippen LogP contribution in [0.15, 0.2) is 0 Å². The highest BCUT2D eigenvalue weighted by Gasteiger charge is 2.13. The van der Waals surface area contributed by atoms with Gasteiger partial charge >= 0.3 is 7.60 Å². The van der Waals surface area contributed by atoms with Crippen LogP contribution in [-0.4, -0.2) is 33.3 Å². The van der Waals surface area contributed by atoms with Crippen molar-refractivity contribution >= 4 is 25.0 Å². The van der Waals surface area contributed by atoms with Gasteiger partial charge in [-0.3, -0.25) is 4.57 Å². The smallest absolute Gasteiger partial charge is 0.324 e. The average molecular weight is 168 g/mol. The maximum Gasteiger partial charge on any atom is 0.325 e. The van der Waals surface area contributed by atoms with E-state index >= 15 is 0 Å². The van der Waals surface area contributed by atoms with Crippen molar-refractivity contribution in [2.75, 3.05) is 6.16 Å². The van der Waals surface area contributed by atoms with E-state index in [1.165, 1.54) is 0 Å². The van der Waals surface area contributed by atoms with Gasteiger partial charge in [-0.2, -0.15) is 0 Å². The van der Waals surface area contributed by atoms with Gasteiger partial charge in [0.25, 0.3) is 0 Å². The fraction of sp³-hybridized carbons (Fsp3) is 1.00. The highest BCUT2D eigenvalue weighted by atomic mass is 31.2. The Bertz CT molecular complexity index is 108. The van der Waals surface area contributed by atoms with Crippen molar-refractivity contribution in [3.05, 3.63) is 0 Å². The standard InChI is InChI=1S/C4H11O3P.Al.3H/c1-4(2)3-8(5,6)7;;;;/h4H,3H2,1-2H3,(H2,5,6,7);;;;. The van der Waals surface area contributed by atoms with Crippen LogP contribution >= 0.6 is 7.60 Å². The molecule has 0 atom stereocenters. The van der Waals surface area contributed by atoms with Gasteiger partial charge in [0.2, 0.25) is 0 Å². The lowest BCUT2D eigenvalue weighted by atomic mass is 10.3. The van der Waals surface area contributed by atoms with Crippen molar-refractivity contribution in [1.82, 2.24) is 0 Å². The van der Waals surface area contributed by atoms with E-state index < -0.39 is 7.60 Å². The van der Waals surface area contributed by atoms with Crippen molar-refractivity contribution in [1.29, 1.82) is 0 Å². The molecule has 0 unspecified atom stereocenters. The second kappa shape index (κ2) is 4.49. The molecule has 0 amide bonds. The largest absolute Gasteiger partial charge is 0.325 e. The van der Waals surface area contributed by atoms with Crippen LogP contribution in [0.3, 0.4) is 0 Å². The van der Waals surface area contributed by atoms with Crippen LogP contribution < -0.4 is 0 Å². The maximum absolute atomic E-state index is 10.1. The molecular formula is C4H14AlO3P. The Kier molecular flexibility index (Phi) is 6.17. The molecule has 0 bridgehead atoms. The molecule has 0 aromatic carbocycles. The molecule has 56 valence electrons. The predicted octanol–water partition coefficient (Wildman–Crippen LogP) is -0.364. The maximum atomic E-state index is 10.1. The van der Waals surface area contributed by atoms with Gasteiger partial charge < -0.3 is 9.79 Å². The molecule has 3 nitrogen and oxygen atoms in total. The highest BCUT2D eigenvalue weighted by molar-refractivity contribution is 7.51. The molecule has 0 saturated heterocycles. The third kappa shape index (κ3) is 12.0. The molecule has 0 rings (SSSR count). The van der Waals surface area contributed by atoms with Gasteiger partial charge in [0.15, 0.2) is 17.4 Å². The second-order valence-electron chi connectivity index (χ2n) is 2.24. The van der Waals surface area contributed by atoms with E-state index in [4.69, 9.17) is 9.79 Å². The molecular weight excluding hydrogens is 154 g/mol. The third-order valence-electron chi connectivity index (χ3n) is 0.603. The van der Waals surface area contributed by atoms with E-state index in [-0.39, 0.29) is 29.4 Å². The summed E-state index contributed by atoms with van der Waals surface area (Å²) in [6.07, 6.45) is -0.00694. The monoisotopic (exact) mass is 168 g/mol. The summed E-state index contributed by atoms with van der Waals surface area (Å²) >= 11 is 0. The number of hydrogen-bond donors (Lipinski definition) is 2. The lowest BCUT2D eigenvalue weighted by molar-refractivity contribution is 0.366. The lowest BCUT2D eigenvalue weighted by Gasteiger charge is -2.04.